The minimum atomic E-state index is -1.07. The minimum Gasteiger partial charge on any atom is -0.477 e. The summed E-state index contributed by atoms with van der Waals surface area (Å²) in [5.41, 5.74) is 0.469. The van der Waals surface area contributed by atoms with Crippen LogP contribution in [0.5, 0.6) is 5.88 Å². The molecule has 8 nitrogen and oxygen atoms in total. The van der Waals surface area contributed by atoms with Crippen LogP contribution in [0.2, 0.25) is 0 Å². The van der Waals surface area contributed by atoms with Gasteiger partial charge >= 0.3 is 12.1 Å². The molecule has 162 valence electrons. The molecule has 0 spiro atoms. The fourth-order valence-electron chi connectivity index (χ4n) is 3.50. The summed E-state index contributed by atoms with van der Waals surface area (Å²) in [7, 11) is 0. The molecule has 1 heterocycles. The highest BCUT2D eigenvalue weighted by atomic mass is 16.6. The van der Waals surface area contributed by atoms with E-state index in [2.05, 4.69) is 10.4 Å². The molecule has 3 rings (SSSR count). The number of alkyl carbamates (subject to hydrolysis) is 1. The molecule has 0 radical (unpaired) electrons. The number of amides is 1. The number of ether oxygens (including phenoxy) is 2. The van der Waals surface area contributed by atoms with E-state index in [-0.39, 0.29) is 30.1 Å². The first-order valence-corrected chi connectivity index (χ1v) is 10.2. The molecular weight excluding hydrogens is 386 g/mol. The van der Waals surface area contributed by atoms with Gasteiger partial charge < -0.3 is 19.9 Å². The number of aromatic nitrogens is 2. The van der Waals surface area contributed by atoms with E-state index in [1.165, 1.54) is 6.20 Å². The molecular formula is C22H29N3O5. The summed E-state index contributed by atoms with van der Waals surface area (Å²) in [6.45, 7) is 5.75. The van der Waals surface area contributed by atoms with Crippen LogP contribution in [0.1, 0.15) is 68.4 Å². The maximum atomic E-state index is 12.0. The summed E-state index contributed by atoms with van der Waals surface area (Å²) in [5.74, 6) is -0.940. The molecule has 2 aromatic rings. The van der Waals surface area contributed by atoms with Crippen molar-refractivity contribution in [1.82, 2.24) is 15.1 Å². The first-order chi connectivity index (χ1) is 14.2. The summed E-state index contributed by atoms with van der Waals surface area (Å²) in [5, 5.41) is 16.8. The highest BCUT2D eigenvalue weighted by Gasteiger charge is 2.28. The number of carboxylic acids is 1. The van der Waals surface area contributed by atoms with Crippen LogP contribution < -0.4 is 10.1 Å². The van der Waals surface area contributed by atoms with E-state index in [1.54, 1.807) is 4.68 Å². The second-order valence-corrected chi connectivity index (χ2v) is 8.56. The Kier molecular flexibility index (Phi) is 6.64. The quantitative estimate of drug-likeness (QED) is 0.734. The number of nitrogens with one attached hydrogen (secondary N) is 1. The topological polar surface area (TPSA) is 103 Å². The normalized spacial score (nSPS) is 19.2. The van der Waals surface area contributed by atoms with Crippen LogP contribution in [0.3, 0.4) is 0 Å². The Labute approximate surface area is 176 Å². The molecule has 1 aromatic carbocycles. The Balaban J connectivity index is 1.59. The minimum absolute atomic E-state index is 0.0411. The summed E-state index contributed by atoms with van der Waals surface area (Å²) in [6, 6.07) is 9.65. The van der Waals surface area contributed by atoms with Gasteiger partial charge in [0.1, 0.15) is 17.8 Å². The van der Waals surface area contributed by atoms with Crippen molar-refractivity contribution < 1.29 is 24.2 Å². The van der Waals surface area contributed by atoms with E-state index in [1.807, 2.05) is 51.1 Å². The molecule has 2 N–H and O–H groups in total. The lowest BCUT2D eigenvalue weighted by Gasteiger charge is -2.30. The number of carbonyl (C=O) groups excluding carboxylic acids is 1. The molecule has 1 amide bonds. The predicted octanol–water partition coefficient (Wildman–Crippen LogP) is 4.17. The van der Waals surface area contributed by atoms with E-state index >= 15 is 0 Å². The molecule has 0 aliphatic heterocycles. The molecule has 0 bridgehead atoms. The largest absolute Gasteiger partial charge is 0.477 e. The Bertz CT molecular complexity index is 865. The van der Waals surface area contributed by atoms with Gasteiger partial charge in [0.15, 0.2) is 0 Å². The SMILES string of the molecule is CC(C)(C)OC(=O)NC1CCC(n2cc(C(=O)O)c(OCc3ccccc3)n2)CC1. The van der Waals surface area contributed by atoms with Gasteiger partial charge in [-0.1, -0.05) is 30.3 Å². The van der Waals surface area contributed by atoms with Crippen LogP contribution >= 0.6 is 0 Å². The first kappa shape index (κ1) is 21.7. The van der Waals surface area contributed by atoms with E-state index < -0.39 is 17.7 Å². The highest BCUT2D eigenvalue weighted by Crippen LogP contribution is 2.30. The Morgan fingerprint density at radius 2 is 1.83 bits per heavy atom. The van der Waals surface area contributed by atoms with E-state index in [9.17, 15) is 14.7 Å². The smallest absolute Gasteiger partial charge is 0.407 e. The summed E-state index contributed by atoms with van der Waals surface area (Å²) >= 11 is 0. The van der Waals surface area contributed by atoms with Gasteiger partial charge in [-0.15, -0.1) is 5.10 Å². The molecule has 1 aliphatic carbocycles. The lowest BCUT2D eigenvalue weighted by atomic mass is 9.91. The van der Waals surface area contributed by atoms with Gasteiger partial charge in [0.25, 0.3) is 0 Å². The third-order valence-corrected chi connectivity index (χ3v) is 4.94. The van der Waals surface area contributed by atoms with Crippen LogP contribution in [0, 0.1) is 0 Å². The van der Waals surface area contributed by atoms with Crippen molar-refractivity contribution in [3.05, 3.63) is 47.7 Å². The average molecular weight is 415 g/mol. The average Bonchev–Trinajstić information content (AvgIpc) is 3.11. The van der Waals surface area contributed by atoms with Crippen LogP contribution in [-0.4, -0.2) is 38.6 Å². The van der Waals surface area contributed by atoms with Crippen molar-refractivity contribution in [2.45, 2.75) is 70.7 Å². The summed E-state index contributed by atoms with van der Waals surface area (Å²) in [6.07, 6.45) is 4.22. The fraction of sp³-hybridized carbons (Fsp3) is 0.500. The van der Waals surface area contributed by atoms with Crippen LogP contribution in [0.25, 0.3) is 0 Å². The number of hydrogen-bond donors (Lipinski definition) is 2. The van der Waals surface area contributed by atoms with Crippen molar-refractivity contribution in [2.24, 2.45) is 0 Å². The van der Waals surface area contributed by atoms with Crippen molar-refractivity contribution in [2.75, 3.05) is 0 Å². The van der Waals surface area contributed by atoms with E-state index in [0.717, 1.165) is 31.2 Å². The van der Waals surface area contributed by atoms with Gasteiger partial charge in [-0.2, -0.15) is 0 Å². The Morgan fingerprint density at radius 3 is 2.43 bits per heavy atom. The number of benzene rings is 1. The van der Waals surface area contributed by atoms with Gasteiger partial charge in [0.05, 0.1) is 6.04 Å². The van der Waals surface area contributed by atoms with Crippen LogP contribution in [0.15, 0.2) is 36.5 Å². The molecule has 1 aliphatic rings. The molecule has 8 heteroatoms. The molecule has 0 saturated heterocycles. The maximum Gasteiger partial charge on any atom is 0.407 e. The van der Waals surface area contributed by atoms with Gasteiger partial charge in [0, 0.05) is 12.2 Å². The first-order valence-electron chi connectivity index (χ1n) is 10.2. The van der Waals surface area contributed by atoms with Crippen molar-refractivity contribution in [3.63, 3.8) is 0 Å². The fourth-order valence-corrected chi connectivity index (χ4v) is 3.50. The van der Waals surface area contributed by atoms with Crippen molar-refractivity contribution in [1.29, 1.82) is 0 Å². The third-order valence-electron chi connectivity index (χ3n) is 4.94. The number of aromatic carboxylic acids is 1. The lowest BCUT2D eigenvalue weighted by molar-refractivity contribution is 0.0486. The molecule has 1 saturated carbocycles. The van der Waals surface area contributed by atoms with Gasteiger partial charge in [-0.05, 0) is 52.0 Å². The molecule has 1 fully saturated rings. The molecule has 0 unspecified atom stereocenters. The summed E-state index contributed by atoms with van der Waals surface area (Å²) < 4.78 is 12.7. The van der Waals surface area contributed by atoms with Crippen LogP contribution in [0.4, 0.5) is 4.79 Å². The monoisotopic (exact) mass is 415 g/mol. The second kappa shape index (κ2) is 9.19. The van der Waals surface area contributed by atoms with Crippen molar-refractivity contribution in [3.8, 4) is 5.88 Å². The number of rotatable bonds is 6. The summed E-state index contributed by atoms with van der Waals surface area (Å²) in [4.78, 5) is 23.6. The number of hydrogen-bond acceptors (Lipinski definition) is 5. The molecule has 0 atom stereocenters. The zero-order chi connectivity index (χ0) is 21.7. The Hall–Kier alpha value is -3.03. The standard InChI is InChI=1S/C22H29N3O5/c1-22(2,3)30-21(28)23-16-9-11-17(12-10-16)25-13-18(20(26)27)19(24-25)29-14-15-7-5-4-6-8-15/h4-8,13,16-17H,9-12,14H2,1-3H3,(H,23,28)(H,26,27). The molecule has 1 aromatic heterocycles. The third kappa shape index (κ3) is 5.98. The predicted molar refractivity (Wildman–Crippen MR) is 111 cm³/mol. The van der Waals surface area contributed by atoms with Crippen LogP contribution in [-0.2, 0) is 11.3 Å². The Morgan fingerprint density at radius 1 is 1.17 bits per heavy atom. The van der Waals surface area contributed by atoms with Gasteiger partial charge in [-0.3, -0.25) is 4.68 Å². The zero-order valence-electron chi connectivity index (χ0n) is 17.6. The lowest BCUT2D eigenvalue weighted by Crippen LogP contribution is -2.41. The van der Waals surface area contributed by atoms with Gasteiger partial charge in [-0.25, -0.2) is 9.59 Å². The number of carboxylic acid groups (broad SMARTS) is 1. The zero-order valence-corrected chi connectivity index (χ0v) is 17.6. The number of carbonyl (C=O) groups is 2. The van der Waals surface area contributed by atoms with E-state index in [4.69, 9.17) is 9.47 Å². The van der Waals surface area contributed by atoms with Gasteiger partial charge in [0.2, 0.25) is 5.88 Å². The maximum absolute atomic E-state index is 12.0. The second-order valence-electron chi connectivity index (χ2n) is 8.56. The number of nitrogens with zero attached hydrogens (tertiary/aromatic N) is 2. The van der Waals surface area contributed by atoms with E-state index in [0.29, 0.717) is 0 Å². The highest BCUT2D eigenvalue weighted by molar-refractivity contribution is 5.89. The molecule has 30 heavy (non-hydrogen) atoms. The van der Waals surface area contributed by atoms with Crippen molar-refractivity contribution >= 4 is 12.1 Å².